The molecule has 0 unspecified atom stereocenters. The Hall–Kier alpha value is -2.94. The largest absolute Gasteiger partial charge is 0.497 e. The number of halogens is 2. The number of ether oxygens (including phenoxy) is 2. The van der Waals surface area contributed by atoms with Crippen molar-refractivity contribution in [2.75, 3.05) is 25.1 Å². The van der Waals surface area contributed by atoms with E-state index >= 15 is 0 Å². The molecule has 1 amide bonds. The summed E-state index contributed by atoms with van der Waals surface area (Å²) in [6, 6.07) is 15.5. The van der Waals surface area contributed by atoms with E-state index in [0.29, 0.717) is 17.1 Å². The number of hydrogen-bond acceptors (Lipinski definition) is 5. The van der Waals surface area contributed by atoms with Crippen molar-refractivity contribution in [3.63, 3.8) is 0 Å². The number of anilines is 1. The van der Waals surface area contributed by atoms with Crippen molar-refractivity contribution >= 4 is 44.8 Å². The maximum Gasteiger partial charge on any atom is 0.264 e. The Balaban J connectivity index is 1.96. The number of sulfonamides is 1. The number of carbonyl (C=O) groups excluding carboxylic acids is 1. The fourth-order valence-electron chi connectivity index (χ4n) is 3.49. The topological polar surface area (TPSA) is 84.9 Å². The molecule has 1 atom stereocenters. The summed E-state index contributed by atoms with van der Waals surface area (Å²) in [5.74, 6) is 0.603. The zero-order valence-corrected chi connectivity index (χ0v) is 22.0. The first-order valence-electron chi connectivity index (χ1n) is 10.6. The summed E-state index contributed by atoms with van der Waals surface area (Å²) in [6.07, 6.45) is 0. The molecule has 1 N–H and O–H groups in total. The van der Waals surface area contributed by atoms with Crippen LogP contribution in [-0.2, 0) is 14.8 Å². The summed E-state index contributed by atoms with van der Waals surface area (Å²) in [6.45, 7) is 3.09. The van der Waals surface area contributed by atoms with Crippen LogP contribution < -0.4 is 19.1 Å². The van der Waals surface area contributed by atoms with Crippen LogP contribution in [0.1, 0.15) is 24.1 Å². The average molecular weight is 537 g/mol. The molecule has 7 nitrogen and oxygen atoms in total. The normalized spacial score (nSPS) is 12.1. The molecule has 0 aliphatic heterocycles. The number of rotatable bonds is 9. The maximum atomic E-state index is 13.6. The SMILES string of the molecule is COc1ccc(OC)c([C@H](C)NC(=O)CN(c2cc(Cl)ccc2Cl)S(=O)(=O)c2ccc(C)cc2)c1. The van der Waals surface area contributed by atoms with Crippen molar-refractivity contribution in [1.82, 2.24) is 5.32 Å². The Morgan fingerprint density at radius 1 is 1.00 bits per heavy atom. The maximum absolute atomic E-state index is 13.6. The van der Waals surface area contributed by atoms with E-state index in [1.807, 2.05) is 6.92 Å². The molecule has 0 radical (unpaired) electrons. The zero-order valence-electron chi connectivity index (χ0n) is 19.7. The molecule has 0 saturated heterocycles. The van der Waals surface area contributed by atoms with E-state index in [-0.39, 0.29) is 20.6 Å². The first-order chi connectivity index (χ1) is 16.6. The minimum absolute atomic E-state index is 0.0226. The number of carbonyl (C=O) groups is 1. The molecule has 3 aromatic rings. The number of methoxy groups -OCH3 is 2. The lowest BCUT2D eigenvalue weighted by molar-refractivity contribution is -0.120. The summed E-state index contributed by atoms with van der Waals surface area (Å²) in [7, 11) is -1.08. The second-order valence-electron chi connectivity index (χ2n) is 7.82. The van der Waals surface area contributed by atoms with Gasteiger partial charge in [-0.15, -0.1) is 0 Å². The summed E-state index contributed by atoms with van der Waals surface area (Å²) in [5.41, 5.74) is 1.67. The van der Waals surface area contributed by atoms with Gasteiger partial charge in [-0.1, -0.05) is 40.9 Å². The molecular weight excluding hydrogens is 511 g/mol. The van der Waals surface area contributed by atoms with E-state index in [1.165, 1.54) is 38.5 Å². The molecule has 0 heterocycles. The van der Waals surface area contributed by atoms with Gasteiger partial charge in [-0.25, -0.2) is 8.42 Å². The van der Waals surface area contributed by atoms with Crippen LogP contribution in [0.25, 0.3) is 0 Å². The average Bonchev–Trinajstić information content (AvgIpc) is 2.83. The predicted octanol–water partition coefficient (Wildman–Crippen LogP) is 5.39. The van der Waals surface area contributed by atoms with Gasteiger partial charge in [0.2, 0.25) is 5.91 Å². The molecule has 186 valence electrons. The number of hydrogen-bond donors (Lipinski definition) is 1. The van der Waals surface area contributed by atoms with Gasteiger partial charge in [-0.05, 0) is 62.4 Å². The zero-order chi connectivity index (χ0) is 25.8. The molecule has 0 saturated carbocycles. The second-order valence-corrected chi connectivity index (χ2v) is 10.5. The molecule has 0 aromatic heterocycles. The van der Waals surface area contributed by atoms with E-state index < -0.39 is 28.5 Å². The van der Waals surface area contributed by atoms with Gasteiger partial charge in [0.1, 0.15) is 18.0 Å². The van der Waals surface area contributed by atoms with Crippen molar-refractivity contribution in [3.8, 4) is 11.5 Å². The van der Waals surface area contributed by atoms with Gasteiger partial charge < -0.3 is 14.8 Å². The smallest absolute Gasteiger partial charge is 0.264 e. The van der Waals surface area contributed by atoms with Crippen LogP contribution in [0.2, 0.25) is 10.0 Å². The number of aryl methyl sites for hydroxylation is 1. The van der Waals surface area contributed by atoms with Gasteiger partial charge in [-0.3, -0.25) is 9.10 Å². The lowest BCUT2D eigenvalue weighted by Crippen LogP contribution is -2.41. The molecule has 0 bridgehead atoms. The summed E-state index contributed by atoms with van der Waals surface area (Å²) < 4.78 is 38.8. The van der Waals surface area contributed by atoms with Gasteiger partial charge in [-0.2, -0.15) is 0 Å². The number of nitrogens with one attached hydrogen (secondary N) is 1. The van der Waals surface area contributed by atoms with Crippen LogP contribution in [0, 0.1) is 6.92 Å². The lowest BCUT2D eigenvalue weighted by atomic mass is 10.1. The van der Waals surface area contributed by atoms with Crippen molar-refractivity contribution in [2.45, 2.75) is 24.8 Å². The summed E-state index contributed by atoms with van der Waals surface area (Å²) in [5, 5.41) is 3.25. The minimum Gasteiger partial charge on any atom is -0.497 e. The van der Waals surface area contributed by atoms with Crippen LogP contribution in [0.3, 0.4) is 0 Å². The quantitative estimate of drug-likeness (QED) is 0.396. The highest BCUT2D eigenvalue weighted by Crippen LogP contribution is 2.33. The Bertz CT molecular complexity index is 1310. The third-order valence-corrected chi connectivity index (χ3v) is 7.68. The van der Waals surface area contributed by atoms with Crippen LogP contribution in [0.4, 0.5) is 5.69 Å². The van der Waals surface area contributed by atoms with Crippen LogP contribution >= 0.6 is 23.2 Å². The standard InChI is InChI=1S/C25H26Cl2N2O5S/c1-16-5-9-20(10-6-16)35(31,32)29(23-13-18(26)7-11-22(23)27)15-25(30)28-17(2)21-14-19(33-3)8-12-24(21)34-4/h5-14,17H,15H2,1-4H3,(H,28,30)/t17-/m0/s1. The summed E-state index contributed by atoms with van der Waals surface area (Å²) >= 11 is 12.5. The monoisotopic (exact) mass is 536 g/mol. The highest BCUT2D eigenvalue weighted by atomic mass is 35.5. The highest BCUT2D eigenvalue weighted by molar-refractivity contribution is 7.92. The van der Waals surface area contributed by atoms with E-state index in [9.17, 15) is 13.2 Å². The molecule has 0 aliphatic rings. The van der Waals surface area contributed by atoms with Gasteiger partial charge in [0.05, 0.1) is 35.9 Å². The van der Waals surface area contributed by atoms with Gasteiger partial charge in [0, 0.05) is 10.6 Å². The number of amides is 1. The molecule has 3 rings (SSSR count). The van der Waals surface area contributed by atoms with Crippen LogP contribution in [-0.4, -0.2) is 35.1 Å². The fraction of sp³-hybridized carbons (Fsp3) is 0.240. The highest BCUT2D eigenvalue weighted by Gasteiger charge is 2.29. The van der Waals surface area contributed by atoms with E-state index in [4.69, 9.17) is 32.7 Å². The van der Waals surface area contributed by atoms with Gasteiger partial charge >= 0.3 is 0 Å². The molecule has 0 fully saturated rings. The van der Waals surface area contributed by atoms with E-state index in [2.05, 4.69) is 5.32 Å². The predicted molar refractivity (Wildman–Crippen MR) is 138 cm³/mol. The van der Waals surface area contributed by atoms with E-state index in [0.717, 1.165) is 9.87 Å². The van der Waals surface area contributed by atoms with E-state index in [1.54, 1.807) is 43.3 Å². The van der Waals surface area contributed by atoms with Crippen LogP contribution in [0.5, 0.6) is 11.5 Å². The molecule has 0 spiro atoms. The Morgan fingerprint density at radius 3 is 2.31 bits per heavy atom. The first-order valence-corrected chi connectivity index (χ1v) is 12.8. The molecule has 0 aliphatic carbocycles. The Kier molecular flexibility index (Phi) is 8.53. The Morgan fingerprint density at radius 2 is 1.69 bits per heavy atom. The van der Waals surface area contributed by atoms with Gasteiger partial charge in [0.15, 0.2) is 0 Å². The third-order valence-electron chi connectivity index (χ3n) is 5.35. The van der Waals surface area contributed by atoms with Crippen molar-refractivity contribution in [2.24, 2.45) is 0 Å². The van der Waals surface area contributed by atoms with Crippen molar-refractivity contribution < 1.29 is 22.7 Å². The Labute approximate surface area is 215 Å². The fourth-order valence-corrected chi connectivity index (χ4v) is 5.35. The summed E-state index contributed by atoms with van der Waals surface area (Å²) in [4.78, 5) is 13.2. The van der Waals surface area contributed by atoms with Crippen molar-refractivity contribution in [1.29, 1.82) is 0 Å². The molecular formula is C25H26Cl2N2O5S. The molecule has 3 aromatic carbocycles. The van der Waals surface area contributed by atoms with Crippen LogP contribution in [0.15, 0.2) is 65.6 Å². The molecule has 10 heteroatoms. The second kappa shape index (κ2) is 11.2. The van der Waals surface area contributed by atoms with Gasteiger partial charge in [0.25, 0.3) is 10.0 Å². The lowest BCUT2D eigenvalue weighted by Gasteiger charge is -2.26. The minimum atomic E-state index is -4.14. The third kappa shape index (κ3) is 6.20. The van der Waals surface area contributed by atoms with Crippen molar-refractivity contribution in [3.05, 3.63) is 81.8 Å². The number of benzene rings is 3. The first kappa shape index (κ1) is 26.7. The molecule has 35 heavy (non-hydrogen) atoms. The number of nitrogens with zero attached hydrogens (tertiary/aromatic N) is 1.